The molecule has 1 aliphatic carbocycles. The predicted octanol–water partition coefficient (Wildman–Crippen LogP) is 3.67. The van der Waals surface area contributed by atoms with Gasteiger partial charge in [-0.1, -0.05) is 13.0 Å². The Morgan fingerprint density at radius 3 is 2.61 bits per heavy atom. The third-order valence-corrected chi connectivity index (χ3v) is 5.20. The number of halogens is 2. The van der Waals surface area contributed by atoms with E-state index in [-0.39, 0.29) is 35.8 Å². The molecule has 1 aromatic heterocycles. The van der Waals surface area contributed by atoms with E-state index in [0.29, 0.717) is 31.0 Å². The number of Topliss-reactive ketones (excluding diaryl/α,β-unsaturated/α-hetero) is 1. The van der Waals surface area contributed by atoms with Gasteiger partial charge in [0.2, 0.25) is 0 Å². The topological polar surface area (TPSA) is 62.7 Å². The number of nitrogens with zero attached hydrogens (tertiary/aromatic N) is 2. The quantitative estimate of drug-likeness (QED) is 0.731. The van der Waals surface area contributed by atoms with Crippen molar-refractivity contribution in [3.8, 4) is 11.5 Å². The van der Waals surface area contributed by atoms with Crippen molar-refractivity contribution >= 4 is 5.78 Å². The van der Waals surface area contributed by atoms with Crippen molar-refractivity contribution in [2.75, 3.05) is 20.1 Å². The molecule has 2 aromatic rings. The fraction of sp³-hybridized carbons (Fsp3) is 0.429. The van der Waals surface area contributed by atoms with E-state index >= 15 is 0 Å². The van der Waals surface area contributed by atoms with E-state index in [2.05, 4.69) is 11.9 Å². The van der Waals surface area contributed by atoms with Crippen LogP contribution in [-0.2, 0) is 0 Å². The Bertz CT molecular complexity index is 809. The monoisotopic (exact) mass is 390 g/mol. The standard InChI is InChI=1S/C21H24F2N2O3/c1-13-8-16(28-21-17(22)4-3-5-18(21)23)9-14(13)11-25(2)12-20(27)19-7-6-15(26)10-24-19/h3-7,10,13-14,16,26H,8-9,11-12H2,1-2H3/t13-,14-,16-/m1/s1. The van der Waals surface area contributed by atoms with Crippen molar-refractivity contribution in [3.63, 3.8) is 0 Å². The Hall–Kier alpha value is -2.54. The molecular weight excluding hydrogens is 366 g/mol. The number of benzene rings is 1. The van der Waals surface area contributed by atoms with Crippen LogP contribution >= 0.6 is 0 Å². The predicted molar refractivity (Wildman–Crippen MR) is 100 cm³/mol. The number of carbonyl (C=O) groups excluding carboxylic acids is 1. The number of hydrogen-bond acceptors (Lipinski definition) is 5. The van der Waals surface area contributed by atoms with Crippen LogP contribution in [0.1, 0.15) is 30.3 Å². The summed E-state index contributed by atoms with van der Waals surface area (Å²) in [4.78, 5) is 18.2. The Morgan fingerprint density at radius 2 is 1.96 bits per heavy atom. The van der Waals surface area contributed by atoms with Gasteiger partial charge in [0.1, 0.15) is 11.4 Å². The maximum Gasteiger partial charge on any atom is 0.195 e. The summed E-state index contributed by atoms with van der Waals surface area (Å²) >= 11 is 0. The van der Waals surface area contributed by atoms with Gasteiger partial charge in [-0.3, -0.25) is 9.69 Å². The van der Waals surface area contributed by atoms with Gasteiger partial charge in [0.25, 0.3) is 0 Å². The molecule has 1 N–H and O–H groups in total. The second-order valence-electron chi connectivity index (χ2n) is 7.52. The first-order valence-electron chi connectivity index (χ1n) is 9.31. The lowest BCUT2D eigenvalue weighted by Crippen LogP contribution is -2.32. The Labute approximate surface area is 163 Å². The van der Waals surface area contributed by atoms with Crippen LogP contribution in [0, 0.1) is 23.5 Å². The first kappa shape index (κ1) is 20.2. The normalized spacial score (nSPS) is 21.8. The molecule has 0 radical (unpaired) electrons. The van der Waals surface area contributed by atoms with Crippen LogP contribution in [0.4, 0.5) is 8.78 Å². The van der Waals surface area contributed by atoms with E-state index in [1.165, 1.54) is 36.5 Å². The highest BCUT2D eigenvalue weighted by Gasteiger charge is 2.34. The van der Waals surface area contributed by atoms with Gasteiger partial charge in [-0.15, -0.1) is 0 Å². The van der Waals surface area contributed by atoms with Crippen molar-refractivity contribution in [2.45, 2.75) is 25.9 Å². The minimum Gasteiger partial charge on any atom is -0.506 e. The summed E-state index contributed by atoms with van der Waals surface area (Å²) in [5.74, 6) is -1.26. The fourth-order valence-corrected chi connectivity index (χ4v) is 3.73. The molecule has 5 nitrogen and oxygen atoms in total. The number of ether oxygens (including phenoxy) is 1. The van der Waals surface area contributed by atoms with Crippen LogP contribution in [0.25, 0.3) is 0 Å². The average molecular weight is 390 g/mol. The van der Waals surface area contributed by atoms with Crippen molar-refractivity contribution in [2.24, 2.45) is 11.8 Å². The summed E-state index contributed by atoms with van der Waals surface area (Å²) in [6, 6.07) is 6.61. The molecule has 0 unspecified atom stereocenters. The van der Waals surface area contributed by atoms with E-state index < -0.39 is 11.6 Å². The van der Waals surface area contributed by atoms with E-state index in [0.717, 1.165) is 0 Å². The molecule has 1 aromatic carbocycles. The van der Waals surface area contributed by atoms with Crippen molar-refractivity contribution in [1.82, 2.24) is 9.88 Å². The zero-order valence-electron chi connectivity index (χ0n) is 15.9. The lowest BCUT2D eigenvalue weighted by molar-refractivity contribution is 0.0927. The third-order valence-electron chi connectivity index (χ3n) is 5.20. The largest absolute Gasteiger partial charge is 0.506 e. The maximum atomic E-state index is 13.8. The number of para-hydroxylation sites is 1. The number of aromatic hydroxyl groups is 1. The van der Waals surface area contributed by atoms with Gasteiger partial charge in [0.05, 0.1) is 18.8 Å². The summed E-state index contributed by atoms with van der Waals surface area (Å²) in [6.45, 7) is 2.96. The Kier molecular flexibility index (Phi) is 6.24. The molecule has 0 spiro atoms. The molecule has 150 valence electrons. The number of hydrogen-bond donors (Lipinski definition) is 1. The van der Waals surface area contributed by atoms with Crippen LogP contribution < -0.4 is 4.74 Å². The molecule has 7 heteroatoms. The molecule has 0 amide bonds. The number of ketones is 1. The van der Waals surface area contributed by atoms with E-state index in [1.807, 2.05) is 11.9 Å². The molecule has 0 saturated heterocycles. The van der Waals surface area contributed by atoms with Crippen molar-refractivity contribution < 1.29 is 23.4 Å². The summed E-state index contributed by atoms with van der Waals surface area (Å²) in [6.07, 6.45) is 2.37. The van der Waals surface area contributed by atoms with Gasteiger partial charge in [-0.05, 0) is 56.0 Å². The fourth-order valence-electron chi connectivity index (χ4n) is 3.73. The number of rotatable bonds is 7. The van der Waals surface area contributed by atoms with Crippen LogP contribution in [0.5, 0.6) is 11.5 Å². The zero-order valence-corrected chi connectivity index (χ0v) is 15.9. The smallest absolute Gasteiger partial charge is 0.195 e. The molecule has 1 aliphatic rings. The number of carbonyl (C=O) groups is 1. The van der Waals surface area contributed by atoms with E-state index in [1.54, 1.807) is 0 Å². The molecule has 28 heavy (non-hydrogen) atoms. The number of likely N-dealkylation sites (N-methyl/N-ethyl adjacent to an activating group) is 1. The zero-order chi connectivity index (χ0) is 20.3. The van der Waals surface area contributed by atoms with Gasteiger partial charge in [0.15, 0.2) is 23.2 Å². The maximum absolute atomic E-state index is 13.8. The molecular formula is C21H24F2N2O3. The summed E-state index contributed by atoms with van der Waals surface area (Å²) < 4.78 is 33.2. The molecule has 1 heterocycles. The molecule has 3 rings (SSSR count). The summed E-state index contributed by atoms with van der Waals surface area (Å²) in [7, 11) is 1.86. The molecule has 0 bridgehead atoms. The van der Waals surface area contributed by atoms with Gasteiger partial charge in [-0.25, -0.2) is 13.8 Å². The van der Waals surface area contributed by atoms with Crippen LogP contribution in [-0.4, -0.2) is 47.0 Å². The van der Waals surface area contributed by atoms with Crippen LogP contribution in [0.2, 0.25) is 0 Å². The lowest BCUT2D eigenvalue weighted by Gasteiger charge is -2.22. The minimum atomic E-state index is -0.694. The first-order chi connectivity index (χ1) is 13.3. The summed E-state index contributed by atoms with van der Waals surface area (Å²) in [5, 5.41) is 9.26. The SMILES string of the molecule is C[C@@H]1C[C@@H](Oc2c(F)cccc2F)C[C@@H]1CN(C)CC(=O)c1ccc(O)cn1. The highest BCUT2D eigenvalue weighted by atomic mass is 19.1. The van der Waals surface area contributed by atoms with Crippen molar-refractivity contribution in [1.29, 1.82) is 0 Å². The van der Waals surface area contributed by atoms with Gasteiger partial charge < -0.3 is 9.84 Å². The molecule has 3 atom stereocenters. The van der Waals surface area contributed by atoms with Crippen LogP contribution in [0.3, 0.4) is 0 Å². The van der Waals surface area contributed by atoms with Crippen molar-refractivity contribution in [3.05, 3.63) is 53.9 Å². The molecule has 1 fully saturated rings. The Morgan fingerprint density at radius 1 is 1.25 bits per heavy atom. The highest BCUT2D eigenvalue weighted by molar-refractivity contribution is 5.95. The minimum absolute atomic E-state index is 0.0158. The van der Waals surface area contributed by atoms with Gasteiger partial charge in [0, 0.05) is 6.54 Å². The summed E-state index contributed by atoms with van der Waals surface area (Å²) in [5.41, 5.74) is 0.306. The van der Waals surface area contributed by atoms with E-state index in [9.17, 15) is 18.7 Å². The molecule has 1 saturated carbocycles. The number of pyridine rings is 1. The Balaban J connectivity index is 1.54. The second kappa shape index (κ2) is 8.65. The van der Waals surface area contributed by atoms with Crippen LogP contribution in [0.15, 0.2) is 36.5 Å². The third kappa shape index (κ3) is 4.84. The van der Waals surface area contributed by atoms with E-state index in [4.69, 9.17) is 4.74 Å². The average Bonchev–Trinajstić information content (AvgIpc) is 2.98. The van der Waals surface area contributed by atoms with Gasteiger partial charge >= 0.3 is 0 Å². The highest BCUT2D eigenvalue weighted by Crippen LogP contribution is 2.36. The first-order valence-corrected chi connectivity index (χ1v) is 9.31. The lowest BCUT2D eigenvalue weighted by atomic mass is 9.97. The van der Waals surface area contributed by atoms with Gasteiger partial charge in [-0.2, -0.15) is 0 Å². The number of aromatic nitrogens is 1. The molecule has 0 aliphatic heterocycles. The second-order valence-corrected chi connectivity index (χ2v) is 7.52.